The quantitative estimate of drug-likeness (QED) is 0.766. The fourth-order valence-electron chi connectivity index (χ4n) is 2.83. The van der Waals surface area contributed by atoms with Crippen molar-refractivity contribution in [1.29, 1.82) is 0 Å². The van der Waals surface area contributed by atoms with Crippen LogP contribution < -0.4 is 10.6 Å². The van der Waals surface area contributed by atoms with Gasteiger partial charge in [-0.1, -0.05) is 6.07 Å². The van der Waals surface area contributed by atoms with Crippen LogP contribution in [-0.2, 0) is 6.54 Å². The third kappa shape index (κ3) is 2.53. The molecule has 1 atom stereocenters. The smallest absolute Gasteiger partial charge is 0.205 e. The number of nitrogens with one attached hydrogen (secondary N) is 2. The Bertz CT molecular complexity index is 761. The van der Waals surface area contributed by atoms with Crippen LogP contribution in [0.25, 0.3) is 11.2 Å². The van der Waals surface area contributed by atoms with E-state index in [0.29, 0.717) is 12.6 Å². The highest BCUT2D eigenvalue weighted by Gasteiger charge is 2.19. The van der Waals surface area contributed by atoms with Crippen LogP contribution in [0, 0.1) is 0 Å². The molecule has 6 heteroatoms. The second kappa shape index (κ2) is 5.73. The lowest BCUT2D eigenvalue weighted by Gasteiger charge is -2.14. The van der Waals surface area contributed by atoms with Crippen molar-refractivity contribution in [3.63, 3.8) is 0 Å². The number of hydrogen-bond donors (Lipinski definition) is 2. The minimum absolute atomic E-state index is 0.416. The predicted molar refractivity (Wildman–Crippen MR) is 85.8 cm³/mol. The minimum atomic E-state index is 0.416. The Kier molecular flexibility index (Phi) is 3.44. The lowest BCUT2D eigenvalue weighted by Crippen LogP contribution is -2.24. The normalized spacial score (nSPS) is 17.9. The van der Waals surface area contributed by atoms with Crippen LogP contribution in [0.2, 0.25) is 0 Å². The SMILES string of the molecule is c1ccc(Cn2c(NC3CCNC3)nc3cccnc32)nc1. The zero-order valence-corrected chi connectivity index (χ0v) is 12.2. The Morgan fingerprint density at radius 2 is 2.14 bits per heavy atom. The fraction of sp³-hybridized carbons (Fsp3) is 0.312. The molecule has 1 fully saturated rings. The van der Waals surface area contributed by atoms with Gasteiger partial charge in [-0.3, -0.25) is 9.55 Å². The average Bonchev–Trinajstić information content (AvgIpc) is 3.18. The molecule has 0 spiro atoms. The highest BCUT2D eigenvalue weighted by atomic mass is 15.3. The van der Waals surface area contributed by atoms with Gasteiger partial charge in [0.1, 0.15) is 5.52 Å². The summed E-state index contributed by atoms with van der Waals surface area (Å²) in [4.78, 5) is 13.6. The lowest BCUT2D eigenvalue weighted by molar-refractivity contribution is 0.739. The molecular formula is C16H18N6. The highest BCUT2D eigenvalue weighted by molar-refractivity contribution is 5.74. The summed E-state index contributed by atoms with van der Waals surface area (Å²) in [5.74, 6) is 0.869. The largest absolute Gasteiger partial charge is 0.352 e. The third-order valence-corrected chi connectivity index (χ3v) is 3.94. The first-order valence-corrected chi connectivity index (χ1v) is 7.58. The van der Waals surface area contributed by atoms with Crippen LogP contribution in [0.15, 0.2) is 42.7 Å². The summed E-state index contributed by atoms with van der Waals surface area (Å²) in [5.41, 5.74) is 2.80. The molecule has 4 rings (SSSR count). The number of hydrogen-bond acceptors (Lipinski definition) is 5. The zero-order valence-electron chi connectivity index (χ0n) is 12.2. The summed E-state index contributed by atoms with van der Waals surface area (Å²) in [5, 5.41) is 6.91. The van der Waals surface area contributed by atoms with Crippen molar-refractivity contribution in [1.82, 2.24) is 24.8 Å². The first-order valence-electron chi connectivity index (χ1n) is 7.58. The van der Waals surface area contributed by atoms with Gasteiger partial charge in [0, 0.05) is 25.0 Å². The summed E-state index contributed by atoms with van der Waals surface area (Å²) in [6.45, 7) is 2.69. The maximum atomic E-state index is 4.71. The van der Waals surface area contributed by atoms with Gasteiger partial charge in [-0.15, -0.1) is 0 Å². The summed E-state index contributed by atoms with van der Waals surface area (Å²) >= 11 is 0. The molecule has 1 aliphatic heterocycles. The number of fused-ring (bicyclic) bond motifs is 1. The Hall–Kier alpha value is -2.47. The van der Waals surface area contributed by atoms with Gasteiger partial charge in [-0.25, -0.2) is 9.97 Å². The van der Waals surface area contributed by atoms with E-state index in [1.54, 1.807) is 6.20 Å². The van der Waals surface area contributed by atoms with Crippen LogP contribution in [0.3, 0.4) is 0 Å². The van der Waals surface area contributed by atoms with Crippen molar-refractivity contribution in [2.24, 2.45) is 0 Å². The predicted octanol–water partition coefficient (Wildman–Crippen LogP) is 1.65. The second-order valence-electron chi connectivity index (χ2n) is 5.52. The van der Waals surface area contributed by atoms with Gasteiger partial charge < -0.3 is 10.6 Å². The van der Waals surface area contributed by atoms with E-state index in [0.717, 1.165) is 42.3 Å². The summed E-state index contributed by atoms with van der Waals surface area (Å²) in [6, 6.07) is 10.3. The molecule has 0 aromatic carbocycles. The molecule has 6 nitrogen and oxygen atoms in total. The van der Waals surface area contributed by atoms with E-state index in [2.05, 4.69) is 25.2 Å². The van der Waals surface area contributed by atoms with Crippen molar-refractivity contribution >= 4 is 17.1 Å². The first-order chi connectivity index (χ1) is 10.9. The van der Waals surface area contributed by atoms with Gasteiger partial charge in [0.05, 0.1) is 12.2 Å². The summed E-state index contributed by atoms with van der Waals surface area (Å²) < 4.78 is 2.11. The molecule has 1 unspecified atom stereocenters. The molecule has 0 saturated carbocycles. The molecule has 3 aromatic heterocycles. The Morgan fingerprint density at radius 1 is 1.18 bits per heavy atom. The topological polar surface area (TPSA) is 67.7 Å². The second-order valence-corrected chi connectivity index (χ2v) is 5.52. The van der Waals surface area contributed by atoms with Crippen LogP contribution in [0.1, 0.15) is 12.1 Å². The molecule has 0 aliphatic carbocycles. The highest BCUT2D eigenvalue weighted by Crippen LogP contribution is 2.20. The van der Waals surface area contributed by atoms with Crippen molar-refractivity contribution in [3.8, 4) is 0 Å². The van der Waals surface area contributed by atoms with E-state index in [-0.39, 0.29) is 0 Å². The maximum Gasteiger partial charge on any atom is 0.205 e. The molecule has 112 valence electrons. The molecule has 0 amide bonds. The molecule has 1 aliphatic rings. The molecule has 0 radical (unpaired) electrons. The van der Waals surface area contributed by atoms with Crippen molar-refractivity contribution in [2.45, 2.75) is 19.0 Å². The van der Waals surface area contributed by atoms with Gasteiger partial charge in [-0.05, 0) is 37.2 Å². The van der Waals surface area contributed by atoms with Crippen molar-refractivity contribution in [3.05, 3.63) is 48.4 Å². The van der Waals surface area contributed by atoms with Crippen LogP contribution >= 0.6 is 0 Å². The number of imidazole rings is 1. The standard InChI is InChI=1S/C16H18N6/c1-2-7-18-13(4-1)11-22-15-14(5-3-8-19-15)21-16(22)20-12-6-9-17-10-12/h1-5,7-8,12,17H,6,9-11H2,(H,20,21). The van der Waals surface area contributed by atoms with Gasteiger partial charge >= 0.3 is 0 Å². The number of pyridine rings is 2. The monoisotopic (exact) mass is 294 g/mol. The molecule has 3 aromatic rings. The van der Waals surface area contributed by atoms with Crippen molar-refractivity contribution in [2.75, 3.05) is 18.4 Å². The Labute approximate surface area is 128 Å². The van der Waals surface area contributed by atoms with Gasteiger partial charge in [-0.2, -0.15) is 0 Å². The molecule has 0 bridgehead atoms. The Balaban J connectivity index is 1.72. The van der Waals surface area contributed by atoms with E-state index >= 15 is 0 Å². The van der Waals surface area contributed by atoms with E-state index < -0.39 is 0 Å². The Morgan fingerprint density at radius 3 is 2.95 bits per heavy atom. The maximum absolute atomic E-state index is 4.71. The number of anilines is 1. The van der Waals surface area contributed by atoms with E-state index in [1.807, 2.05) is 36.5 Å². The van der Waals surface area contributed by atoms with E-state index in [4.69, 9.17) is 4.98 Å². The summed E-state index contributed by atoms with van der Waals surface area (Å²) in [7, 11) is 0. The molecule has 1 saturated heterocycles. The van der Waals surface area contributed by atoms with Gasteiger partial charge in [0.2, 0.25) is 5.95 Å². The summed E-state index contributed by atoms with van der Waals surface area (Å²) in [6.07, 6.45) is 4.73. The van der Waals surface area contributed by atoms with Crippen LogP contribution in [0.4, 0.5) is 5.95 Å². The number of nitrogens with zero attached hydrogens (tertiary/aromatic N) is 4. The third-order valence-electron chi connectivity index (χ3n) is 3.94. The molecule has 2 N–H and O–H groups in total. The zero-order chi connectivity index (χ0) is 14.8. The van der Waals surface area contributed by atoms with Crippen molar-refractivity contribution < 1.29 is 0 Å². The van der Waals surface area contributed by atoms with Gasteiger partial charge in [0.15, 0.2) is 5.65 Å². The average molecular weight is 294 g/mol. The molecule has 22 heavy (non-hydrogen) atoms. The van der Waals surface area contributed by atoms with Crippen LogP contribution in [0.5, 0.6) is 0 Å². The minimum Gasteiger partial charge on any atom is -0.352 e. The van der Waals surface area contributed by atoms with E-state index in [9.17, 15) is 0 Å². The molecular weight excluding hydrogens is 276 g/mol. The number of aromatic nitrogens is 4. The van der Waals surface area contributed by atoms with Gasteiger partial charge in [0.25, 0.3) is 0 Å². The molecule has 4 heterocycles. The van der Waals surface area contributed by atoms with Crippen LogP contribution in [-0.4, -0.2) is 38.7 Å². The number of rotatable bonds is 4. The lowest BCUT2D eigenvalue weighted by atomic mass is 10.3. The fourth-order valence-corrected chi connectivity index (χ4v) is 2.83. The van der Waals surface area contributed by atoms with E-state index in [1.165, 1.54) is 0 Å². The first kappa shape index (κ1) is 13.2.